The Morgan fingerprint density at radius 3 is 2.54 bits per heavy atom. The van der Waals surface area contributed by atoms with Crippen LogP contribution in [0.1, 0.15) is 43.2 Å². The second-order valence-electron chi connectivity index (χ2n) is 10.2. The number of nitrogens with zero attached hydrogens (tertiary/aromatic N) is 3. The molecule has 194 valence electrons. The number of likely N-dealkylation sites (tertiary alicyclic amines) is 1. The summed E-state index contributed by atoms with van der Waals surface area (Å²) in [5.74, 6) is -0.667. The average molecular weight is 505 g/mol. The van der Waals surface area contributed by atoms with Crippen LogP contribution in [0.5, 0.6) is 0 Å². The lowest BCUT2D eigenvalue weighted by atomic mass is 10.00. The van der Waals surface area contributed by atoms with E-state index < -0.39 is 24.4 Å². The van der Waals surface area contributed by atoms with Crippen LogP contribution in [0.4, 0.5) is 0 Å². The van der Waals surface area contributed by atoms with Gasteiger partial charge in [-0.15, -0.1) is 0 Å². The Bertz CT molecular complexity index is 1240. The van der Waals surface area contributed by atoms with Crippen molar-refractivity contribution in [3.63, 3.8) is 0 Å². The molecule has 2 amide bonds. The highest BCUT2D eigenvalue weighted by Gasteiger charge is 2.46. The molecule has 2 aliphatic heterocycles. The number of carbonyl (C=O) groups excluding carboxylic acids is 2. The minimum atomic E-state index is -0.895. The molecule has 3 N–H and O–H groups in total. The van der Waals surface area contributed by atoms with Crippen LogP contribution >= 0.6 is 0 Å². The Morgan fingerprint density at radius 2 is 1.86 bits per heavy atom. The first-order valence-corrected chi connectivity index (χ1v) is 12.6. The van der Waals surface area contributed by atoms with Gasteiger partial charge in [0.15, 0.2) is 0 Å². The number of aromatic nitrogens is 1. The van der Waals surface area contributed by atoms with Crippen LogP contribution in [0.15, 0.2) is 65.5 Å². The molecule has 2 aromatic carbocycles. The number of hydrogen-bond acceptors (Lipinski definition) is 7. The van der Waals surface area contributed by atoms with E-state index in [1.54, 1.807) is 17.4 Å². The monoisotopic (exact) mass is 504 g/mol. The molecule has 3 heterocycles. The lowest BCUT2D eigenvalue weighted by Gasteiger charge is -2.36. The van der Waals surface area contributed by atoms with Crippen molar-refractivity contribution in [2.45, 2.75) is 57.8 Å². The third-order valence-corrected chi connectivity index (χ3v) is 7.29. The second kappa shape index (κ2) is 10.5. The van der Waals surface area contributed by atoms with E-state index in [-0.39, 0.29) is 30.7 Å². The van der Waals surface area contributed by atoms with E-state index in [4.69, 9.17) is 4.52 Å². The predicted molar refractivity (Wildman–Crippen MR) is 135 cm³/mol. The summed E-state index contributed by atoms with van der Waals surface area (Å²) in [6.07, 6.45) is 1.71. The van der Waals surface area contributed by atoms with Gasteiger partial charge in [-0.05, 0) is 28.2 Å². The fourth-order valence-electron chi connectivity index (χ4n) is 5.40. The van der Waals surface area contributed by atoms with Crippen LogP contribution in [0.25, 0.3) is 11.1 Å². The Labute approximate surface area is 215 Å². The van der Waals surface area contributed by atoms with Crippen LogP contribution in [0, 0.1) is 5.92 Å². The number of benzene rings is 2. The third-order valence-electron chi connectivity index (χ3n) is 7.29. The van der Waals surface area contributed by atoms with Gasteiger partial charge in [0, 0.05) is 31.6 Å². The smallest absolute Gasteiger partial charge is 0.243 e. The Balaban J connectivity index is 1.27. The fourth-order valence-corrected chi connectivity index (χ4v) is 5.40. The van der Waals surface area contributed by atoms with Crippen LogP contribution in [-0.4, -0.2) is 61.7 Å². The first-order valence-electron chi connectivity index (χ1n) is 12.6. The largest absolute Gasteiger partial charge is 0.391 e. The molecule has 4 atom stereocenters. The fraction of sp³-hybridized carbons (Fsp3) is 0.393. The maximum absolute atomic E-state index is 13.8. The summed E-state index contributed by atoms with van der Waals surface area (Å²) in [6, 6.07) is 13.9. The van der Waals surface area contributed by atoms with E-state index in [1.807, 2.05) is 62.4 Å². The number of fused-ring (bicyclic) bond motifs is 1. The van der Waals surface area contributed by atoms with E-state index >= 15 is 0 Å². The number of aliphatic hydroxyl groups excluding tert-OH is 2. The number of β-amino-alcohol motifs (C(OH)–C–C–N with tert-alkyl or cyclic N) is 1. The number of amides is 2. The van der Waals surface area contributed by atoms with Crippen molar-refractivity contribution in [2.75, 3.05) is 6.54 Å². The molecule has 1 unspecified atom stereocenters. The highest BCUT2D eigenvalue weighted by molar-refractivity contribution is 5.90. The van der Waals surface area contributed by atoms with Gasteiger partial charge in [0.05, 0.1) is 18.3 Å². The van der Waals surface area contributed by atoms with Crippen LogP contribution in [0.2, 0.25) is 0 Å². The van der Waals surface area contributed by atoms with Gasteiger partial charge in [-0.25, -0.2) is 0 Å². The minimum Gasteiger partial charge on any atom is -0.391 e. The molecule has 0 bridgehead atoms. The molecule has 2 aliphatic rings. The van der Waals surface area contributed by atoms with E-state index in [1.165, 1.54) is 4.90 Å². The van der Waals surface area contributed by atoms with Crippen molar-refractivity contribution in [3.05, 3.63) is 77.7 Å². The zero-order valence-corrected chi connectivity index (χ0v) is 20.9. The van der Waals surface area contributed by atoms with Crippen molar-refractivity contribution < 1.29 is 24.3 Å². The molecule has 0 spiro atoms. The summed E-state index contributed by atoms with van der Waals surface area (Å²) < 4.78 is 4.88. The number of carbonyl (C=O) groups is 2. The SMILES string of the molecule is CC(C)[C@@H](C(=O)N1C[C@H](O)C[C@H]1C(=O)NCc1ccc(-c2cnoc2)cc1)N1Cc2ccccc2C1O. The van der Waals surface area contributed by atoms with Gasteiger partial charge in [-0.3, -0.25) is 14.5 Å². The molecule has 5 rings (SSSR count). The lowest BCUT2D eigenvalue weighted by molar-refractivity contribution is -0.149. The Kier molecular flexibility index (Phi) is 7.10. The second-order valence-corrected chi connectivity index (χ2v) is 10.2. The van der Waals surface area contributed by atoms with Gasteiger partial charge in [0.1, 0.15) is 18.5 Å². The van der Waals surface area contributed by atoms with E-state index in [0.29, 0.717) is 13.1 Å². The Morgan fingerprint density at radius 1 is 1.11 bits per heavy atom. The van der Waals surface area contributed by atoms with Gasteiger partial charge in [-0.2, -0.15) is 0 Å². The molecule has 1 saturated heterocycles. The lowest BCUT2D eigenvalue weighted by Crippen LogP contribution is -2.54. The van der Waals surface area contributed by atoms with Crippen LogP contribution in [-0.2, 0) is 22.7 Å². The molecule has 3 aromatic rings. The summed E-state index contributed by atoms with van der Waals surface area (Å²) in [4.78, 5) is 30.3. The standard InChI is InChI=1S/C28H32N4O5/c1-17(2)25(32-14-20-5-3-4-6-23(20)27(32)35)28(36)31-15-22(33)11-24(31)26(34)29-12-18-7-9-19(10-8-18)21-13-30-37-16-21/h3-10,13,16-17,22,24-25,27,33,35H,11-12,14-15H2,1-2H3,(H,29,34)/t22-,24+,25+,27?/m1/s1. The van der Waals surface area contributed by atoms with Crippen molar-refractivity contribution in [3.8, 4) is 11.1 Å². The zero-order chi connectivity index (χ0) is 26.1. The number of rotatable bonds is 7. The molecule has 1 fully saturated rings. The highest BCUT2D eigenvalue weighted by atomic mass is 16.5. The minimum absolute atomic E-state index is 0.0878. The van der Waals surface area contributed by atoms with Gasteiger partial charge >= 0.3 is 0 Å². The third kappa shape index (κ3) is 5.02. The summed E-state index contributed by atoms with van der Waals surface area (Å²) in [6.45, 7) is 4.70. The van der Waals surface area contributed by atoms with Crippen molar-refractivity contribution in [2.24, 2.45) is 5.92 Å². The van der Waals surface area contributed by atoms with E-state index in [2.05, 4.69) is 10.5 Å². The quantitative estimate of drug-likeness (QED) is 0.452. The van der Waals surface area contributed by atoms with Gasteiger partial charge < -0.3 is 25.0 Å². The van der Waals surface area contributed by atoms with Crippen molar-refractivity contribution in [1.29, 1.82) is 0 Å². The topological polar surface area (TPSA) is 119 Å². The number of hydrogen-bond donors (Lipinski definition) is 3. The van der Waals surface area contributed by atoms with Crippen molar-refractivity contribution >= 4 is 11.8 Å². The first kappa shape index (κ1) is 25.1. The van der Waals surface area contributed by atoms with Gasteiger partial charge in [0.25, 0.3) is 0 Å². The van der Waals surface area contributed by atoms with Crippen LogP contribution < -0.4 is 5.32 Å². The molecular weight excluding hydrogens is 472 g/mol. The summed E-state index contributed by atoms with van der Waals surface area (Å²) in [7, 11) is 0. The molecular formula is C28H32N4O5. The molecule has 0 saturated carbocycles. The van der Waals surface area contributed by atoms with E-state index in [0.717, 1.165) is 27.8 Å². The predicted octanol–water partition coefficient (Wildman–Crippen LogP) is 2.45. The Hall–Kier alpha value is -3.53. The van der Waals surface area contributed by atoms with Gasteiger partial charge in [-0.1, -0.05) is 67.5 Å². The first-order chi connectivity index (χ1) is 17.8. The molecule has 1 aromatic heterocycles. The molecule has 0 radical (unpaired) electrons. The van der Waals surface area contributed by atoms with Gasteiger partial charge in [0.2, 0.25) is 11.8 Å². The number of aliphatic hydroxyl groups is 2. The summed E-state index contributed by atoms with van der Waals surface area (Å²) in [5.41, 5.74) is 4.52. The highest BCUT2D eigenvalue weighted by Crippen LogP contribution is 2.36. The molecule has 9 nitrogen and oxygen atoms in total. The van der Waals surface area contributed by atoms with Crippen molar-refractivity contribution in [1.82, 2.24) is 20.3 Å². The normalized spacial score (nSPS) is 22.3. The van der Waals surface area contributed by atoms with E-state index in [9.17, 15) is 19.8 Å². The molecule has 9 heteroatoms. The molecule has 0 aliphatic carbocycles. The summed E-state index contributed by atoms with van der Waals surface area (Å²) in [5, 5.41) is 28.0. The van der Waals surface area contributed by atoms with Crippen LogP contribution in [0.3, 0.4) is 0 Å². The summed E-state index contributed by atoms with van der Waals surface area (Å²) >= 11 is 0. The molecule has 37 heavy (non-hydrogen) atoms. The zero-order valence-electron chi connectivity index (χ0n) is 20.9. The number of nitrogens with one attached hydrogen (secondary N) is 1. The maximum Gasteiger partial charge on any atom is 0.243 e. The average Bonchev–Trinajstić information content (AvgIpc) is 3.63. The maximum atomic E-state index is 13.8.